The molecule has 2 saturated heterocycles. The molecule has 22 heavy (non-hydrogen) atoms. The third-order valence-corrected chi connectivity index (χ3v) is 5.64. The number of amides is 1. The van der Waals surface area contributed by atoms with Crippen molar-refractivity contribution in [2.24, 2.45) is 18.9 Å². The molecule has 0 aromatic carbocycles. The molecule has 4 rings (SSSR count). The van der Waals surface area contributed by atoms with Crippen LogP contribution in [0.25, 0.3) is 0 Å². The largest absolute Gasteiger partial charge is 0.376 e. The summed E-state index contributed by atoms with van der Waals surface area (Å²) < 4.78 is 7.58. The van der Waals surface area contributed by atoms with E-state index in [0.29, 0.717) is 30.2 Å². The predicted molar refractivity (Wildman–Crippen MR) is 81.5 cm³/mol. The van der Waals surface area contributed by atoms with Crippen molar-refractivity contribution in [2.75, 3.05) is 26.2 Å². The Morgan fingerprint density at radius 2 is 2.32 bits per heavy atom. The van der Waals surface area contributed by atoms with E-state index in [4.69, 9.17) is 4.74 Å². The molecule has 120 valence electrons. The van der Waals surface area contributed by atoms with Crippen molar-refractivity contribution in [2.45, 2.75) is 31.4 Å². The van der Waals surface area contributed by atoms with Gasteiger partial charge in [-0.25, -0.2) is 0 Å². The lowest BCUT2D eigenvalue weighted by Crippen LogP contribution is -2.40. The van der Waals surface area contributed by atoms with Gasteiger partial charge in [0.2, 0.25) is 0 Å². The van der Waals surface area contributed by atoms with E-state index in [0.717, 1.165) is 25.7 Å². The van der Waals surface area contributed by atoms with Crippen LogP contribution in [0.1, 0.15) is 29.8 Å². The number of fused-ring (bicyclic) bond motifs is 1. The first-order valence-electron chi connectivity index (χ1n) is 8.34. The average Bonchev–Trinajstić information content (AvgIpc) is 3.10. The van der Waals surface area contributed by atoms with E-state index in [1.54, 1.807) is 24.0 Å². The van der Waals surface area contributed by atoms with Gasteiger partial charge in [0.05, 0.1) is 12.7 Å². The summed E-state index contributed by atoms with van der Waals surface area (Å²) in [7, 11) is 1.79. The summed E-state index contributed by atoms with van der Waals surface area (Å²) in [5.41, 5.74) is 0.609. The minimum absolute atomic E-state index is 0.0442. The highest BCUT2D eigenvalue weighted by Crippen LogP contribution is 2.37. The van der Waals surface area contributed by atoms with E-state index >= 15 is 0 Å². The van der Waals surface area contributed by atoms with Crippen molar-refractivity contribution in [1.82, 2.24) is 20.0 Å². The number of carbonyl (C=O) groups is 1. The van der Waals surface area contributed by atoms with Crippen molar-refractivity contribution < 1.29 is 9.53 Å². The van der Waals surface area contributed by atoms with E-state index in [9.17, 15) is 4.79 Å². The Labute approximate surface area is 130 Å². The summed E-state index contributed by atoms with van der Waals surface area (Å²) in [5.74, 6) is 0.969. The molecular formula is C16H24N4O2. The van der Waals surface area contributed by atoms with Crippen LogP contribution in [-0.2, 0) is 11.8 Å². The van der Waals surface area contributed by atoms with Crippen LogP contribution < -0.4 is 5.32 Å². The van der Waals surface area contributed by atoms with Gasteiger partial charge in [0, 0.05) is 50.8 Å². The lowest BCUT2D eigenvalue weighted by molar-refractivity contribution is 0.0727. The number of hydrogen-bond donors (Lipinski definition) is 1. The zero-order chi connectivity index (χ0) is 15.1. The van der Waals surface area contributed by atoms with E-state index in [-0.39, 0.29) is 5.91 Å². The Morgan fingerprint density at radius 1 is 1.45 bits per heavy atom. The van der Waals surface area contributed by atoms with Gasteiger partial charge < -0.3 is 10.1 Å². The molecule has 1 N–H and O–H groups in total. The number of nitrogens with zero attached hydrogens (tertiary/aromatic N) is 3. The third kappa shape index (κ3) is 2.44. The molecule has 0 spiro atoms. The average molecular weight is 304 g/mol. The fraction of sp³-hybridized carbons (Fsp3) is 0.750. The first kappa shape index (κ1) is 14.2. The summed E-state index contributed by atoms with van der Waals surface area (Å²) >= 11 is 0. The van der Waals surface area contributed by atoms with Crippen molar-refractivity contribution >= 4 is 5.91 Å². The quantitative estimate of drug-likeness (QED) is 0.887. The Kier molecular flexibility index (Phi) is 3.66. The van der Waals surface area contributed by atoms with Gasteiger partial charge in [0.15, 0.2) is 0 Å². The van der Waals surface area contributed by atoms with Crippen LogP contribution >= 0.6 is 0 Å². The van der Waals surface area contributed by atoms with Crippen LogP contribution in [0, 0.1) is 11.8 Å². The minimum atomic E-state index is -0.0442. The van der Waals surface area contributed by atoms with Gasteiger partial charge in [-0.05, 0) is 18.9 Å². The fourth-order valence-electron chi connectivity index (χ4n) is 4.00. The van der Waals surface area contributed by atoms with Crippen LogP contribution in [0.3, 0.4) is 0 Å². The van der Waals surface area contributed by atoms with Gasteiger partial charge in [0.1, 0.15) is 5.69 Å². The zero-order valence-corrected chi connectivity index (χ0v) is 13.1. The molecular weight excluding hydrogens is 280 g/mol. The molecule has 6 nitrogen and oxygen atoms in total. The number of carbonyl (C=O) groups excluding carboxylic acids is 1. The third-order valence-electron chi connectivity index (χ3n) is 5.64. The number of aryl methyl sites for hydroxylation is 1. The molecule has 3 atom stereocenters. The molecule has 1 saturated carbocycles. The van der Waals surface area contributed by atoms with Gasteiger partial charge in [-0.1, -0.05) is 6.42 Å². The van der Waals surface area contributed by atoms with Gasteiger partial charge in [-0.15, -0.1) is 0 Å². The second kappa shape index (κ2) is 5.66. The highest BCUT2D eigenvalue weighted by atomic mass is 16.5. The molecule has 2 aliphatic heterocycles. The monoisotopic (exact) mass is 304 g/mol. The smallest absolute Gasteiger partial charge is 0.269 e. The number of nitrogens with one attached hydrogen (secondary N) is 1. The molecule has 1 amide bonds. The van der Waals surface area contributed by atoms with Gasteiger partial charge in [0.25, 0.3) is 5.91 Å². The van der Waals surface area contributed by atoms with Crippen molar-refractivity contribution in [1.29, 1.82) is 0 Å². The Morgan fingerprint density at radius 3 is 3.00 bits per heavy atom. The van der Waals surface area contributed by atoms with Crippen molar-refractivity contribution in [3.63, 3.8) is 0 Å². The fourth-order valence-corrected chi connectivity index (χ4v) is 4.00. The Hall–Kier alpha value is -1.40. The van der Waals surface area contributed by atoms with E-state index in [1.165, 1.54) is 19.3 Å². The summed E-state index contributed by atoms with van der Waals surface area (Å²) in [5, 5.41) is 7.09. The number of ether oxygens (including phenoxy) is 1. The summed E-state index contributed by atoms with van der Waals surface area (Å²) in [6, 6.07) is 2.54. The van der Waals surface area contributed by atoms with Crippen LogP contribution in [-0.4, -0.2) is 59.0 Å². The molecule has 3 fully saturated rings. The summed E-state index contributed by atoms with van der Waals surface area (Å²) in [6.07, 6.45) is 6.10. The molecule has 6 heteroatoms. The topological polar surface area (TPSA) is 59.4 Å². The normalized spacial score (nSPS) is 32.0. The highest BCUT2D eigenvalue weighted by molar-refractivity contribution is 5.92. The molecule has 0 unspecified atom stereocenters. The van der Waals surface area contributed by atoms with Crippen molar-refractivity contribution in [3.05, 3.63) is 18.0 Å². The molecule has 3 aliphatic rings. The number of hydrogen-bond acceptors (Lipinski definition) is 4. The second-order valence-corrected chi connectivity index (χ2v) is 6.88. The van der Waals surface area contributed by atoms with E-state index < -0.39 is 0 Å². The van der Waals surface area contributed by atoms with Gasteiger partial charge in [-0.2, -0.15) is 5.10 Å². The molecule has 1 aromatic rings. The lowest BCUT2D eigenvalue weighted by atomic mass is 9.91. The molecule has 3 heterocycles. The standard InChI is InChI=1S/C16H24N4O2/c1-19-14(5-6-18-19)16(21)17-7-11-10-22-15-9-20(8-13(11)15)12-3-2-4-12/h5-6,11-13,15H,2-4,7-10H2,1H3,(H,17,21)/t11-,13+,15+/m0/s1. The molecule has 0 bridgehead atoms. The van der Waals surface area contributed by atoms with Gasteiger partial charge in [-0.3, -0.25) is 14.4 Å². The first-order valence-corrected chi connectivity index (χ1v) is 8.34. The van der Waals surface area contributed by atoms with Crippen LogP contribution in [0.4, 0.5) is 0 Å². The van der Waals surface area contributed by atoms with Crippen molar-refractivity contribution in [3.8, 4) is 0 Å². The zero-order valence-electron chi connectivity index (χ0n) is 13.1. The number of likely N-dealkylation sites (tertiary alicyclic amines) is 1. The maximum Gasteiger partial charge on any atom is 0.269 e. The molecule has 1 aliphatic carbocycles. The lowest BCUT2D eigenvalue weighted by Gasteiger charge is -2.35. The maximum atomic E-state index is 12.2. The van der Waals surface area contributed by atoms with E-state index in [2.05, 4.69) is 15.3 Å². The number of aromatic nitrogens is 2. The highest BCUT2D eigenvalue weighted by Gasteiger charge is 2.46. The number of rotatable bonds is 4. The SMILES string of the molecule is Cn1nccc1C(=O)NC[C@H]1CO[C@@H]2CN(C3CCC3)C[C@H]12. The first-order chi connectivity index (χ1) is 10.7. The molecule has 1 aromatic heterocycles. The van der Waals surface area contributed by atoms with Crippen LogP contribution in [0.5, 0.6) is 0 Å². The van der Waals surface area contributed by atoms with Crippen LogP contribution in [0.15, 0.2) is 12.3 Å². The Balaban J connectivity index is 1.32. The predicted octanol–water partition coefficient (Wildman–Crippen LogP) is 0.649. The van der Waals surface area contributed by atoms with Gasteiger partial charge >= 0.3 is 0 Å². The second-order valence-electron chi connectivity index (χ2n) is 6.88. The Bertz CT molecular complexity index is 554. The maximum absolute atomic E-state index is 12.2. The summed E-state index contributed by atoms with van der Waals surface area (Å²) in [4.78, 5) is 14.8. The summed E-state index contributed by atoms with van der Waals surface area (Å²) in [6.45, 7) is 3.70. The minimum Gasteiger partial charge on any atom is -0.376 e. The van der Waals surface area contributed by atoms with E-state index in [1.807, 2.05) is 0 Å². The molecule has 0 radical (unpaired) electrons. The van der Waals surface area contributed by atoms with Crippen LogP contribution in [0.2, 0.25) is 0 Å².